The summed E-state index contributed by atoms with van der Waals surface area (Å²) in [6.45, 7) is 0. The van der Waals surface area contributed by atoms with Crippen molar-refractivity contribution in [2.45, 2.75) is 0 Å². The van der Waals surface area contributed by atoms with E-state index in [2.05, 4.69) is 0 Å². The second-order valence-corrected chi connectivity index (χ2v) is 3.11. The summed E-state index contributed by atoms with van der Waals surface area (Å²) in [5.41, 5.74) is 0. The molecule has 0 aliphatic rings. The molecule has 0 aromatic heterocycles. The SMILES string of the molecule is O=P(O)(O)O.[Al+3].[O-][Si]([O-])([O-])O. The molecule has 0 radical (unpaired) electrons. The Bertz CT molecular complexity index is 106. The summed E-state index contributed by atoms with van der Waals surface area (Å²) in [5, 5.41) is 0. The van der Waals surface area contributed by atoms with Gasteiger partial charge in [-0.3, -0.25) is 0 Å². The molecule has 0 aromatic carbocycles. The number of hydrogen-bond donors (Lipinski definition) is 4. The van der Waals surface area contributed by atoms with Gasteiger partial charge >= 0.3 is 25.2 Å². The van der Waals surface area contributed by atoms with Gasteiger partial charge in [0.15, 0.2) is 0 Å². The topological polar surface area (TPSA) is 167 Å². The maximum Gasteiger partial charge on any atom is 3.00 e. The van der Waals surface area contributed by atoms with Gasteiger partial charge in [0, 0.05) is 0 Å². The van der Waals surface area contributed by atoms with Crippen molar-refractivity contribution in [3.05, 3.63) is 0 Å². The van der Waals surface area contributed by atoms with Gasteiger partial charge in [0.25, 0.3) is 0 Å². The second-order valence-electron chi connectivity index (χ2n) is 1.04. The molecule has 0 aliphatic heterocycles. The van der Waals surface area contributed by atoms with Crippen molar-refractivity contribution < 1.29 is 38.4 Å². The summed E-state index contributed by atoms with van der Waals surface area (Å²) >= 11 is 0. The van der Waals surface area contributed by atoms with Gasteiger partial charge in [-0.1, -0.05) is 0 Å². The Morgan fingerprint density at radius 2 is 1.09 bits per heavy atom. The minimum Gasteiger partial charge on any atom is -0.861 e. The molecule has 0 aliphatic carbocycles. The summed E-state index contributed by atoms with van der Waals surface area (Å²) in [5.74, 6) is 0. The van der Waals surface area contributed by atoms with Gasteiger partial charge in [-0.05, 0) is 0 Å². The molecule has 64 valence electrons. The molecular weight excluding hydrogens is 214 g/mol. The first kappa shape index (κ1) is 17.7. The van der Waals surface area contributed by atoms with Crippen LogP contribution >= 0.6 is 7.82 Å². The average Bonchev–Trinajstić information content (AvgIpc) is 1.12. The Morgan fingerprint density at radius 1 is 1.09 bits per heavy atom. The van der Waals surface area contributed by atoms with E-state index in [4.69, 9.17) is 38.4 Å². The maximum absolute atomic E-state index is 8.88. The van der Waals surface area contributed by atoms with E-state index < -0.39 is 16.9 Å². The molecule has 0 atom stereocenters. The first-order chi connectivity index (χ1) is 4.00. The number of hydrogen-bond acceptors (Lipinski definition) is 5. The first-order valence-corrected chi connectivity index (χ1v) is 4.86. The summed E-state index contributed by atoms with van der Waals surface area (Å²) in [6.07, 6.45) is 0. The summed E-state index contributed by atoms with van der Waals surface area (Å²) in [7, 11) is -10.0. The third-order valence-electron chi connectivity index (χ3n) is 0. The Morgan fingerprint density at radius 3 is 1.09 bits per heavy atom. The minimum absolute atomic E-state index is 0. The van der Waals surface area contributed by atoms with Crippen LogP contribution in [0.15, 0.2) is 0 Å². The number of phosphoric acid groups is 1. The maximum atomic E-state index is 8.88. The molecular formula is H4AlO8PSi. The van der Waals surface area contributed by atoms with E-state index in [0.29, 0.717) is 0 Å². The molecule has 8 nitrogen and oxygen atoms in total. The van der Waals surface area contributed by atoms with E-state index in [-0.39, 0.29) is 17.4 Å². The van der Waals surface area contributed by atoms with Crippen LogP contribution in [0.4, 0.5) is 0 Å². The predicted octanol–water partition coefficient (Wildman–Crippen LogP) is -5.81. The monoisotopic (exact) mass is 218 g/mol. The van der Waals surface area contributed by atoms with Crippen molar-refractivity contribution in [2.75, 3.05) is 0 Å². The second kappa shape index (κ2) is 6.24. The van der Waals surface area contributed by atoms with Crippen molar-refractivity contribution >= 4 is 34.2 Å². The standard InChI is InChI=1S/Al.H3O4P.HO4Si/c;2*1-5(2,3)4/h;(H3,1,2,3,4);1H/q+3;;-3. The summed E-state index contributed by atoms with van der Waals surface area (Å²) in [6, 6.07) is 0. The van der Waals surface area contributed by atoms with Gasteiger partial charge in [-0.25, -0.2) is 4.57 Å². The van der Waals surface area contributed by atoms with Crippen molar-refractivity contribution in [2.24, 2.45) is 0 Å². The van der Waals surface area contributed by atoms with Crippen molar-refractivity contribution in [3.8, 4) is 0 Å². The molecule has 0 amide bonds. The van der Waals surface area contributed by atoms with E-state index in [9.17, 15) is 0 Å². The fourth-order valence-corrected chi connectivity index (χ4v) is 0. The third-order valence-corrected chi connectivity index (χ3v) is 0. The molecule has 0 unspecified atom stereocenters. The van der Waals surface area contributed by atoms with Crippen LogP contribution in [0.25, 0.3) is 0 Å². The molecule has 0 fully saturated rings. The van der Waals surface area contributed by atoms with Gasteiger partial charge in [-0.2, -0.15) is 0 Å². The van der Waals surface area contributed by atoms with Gasteiger partial charge < -0.3 is 33.9 Å². The van der Waals surface area contributed by atoms with Crippen molar-refractivity contribution in [1.29, 1.82) is 0 Å². The Hall–Kier alpha value is 0.699. The smallest absolute Gasteiger partial charge is 0.861 e. The van der Waals surface area contributed by atoms with Crippen LogP contribution in [0.1, 0.15) is 0 Å². The van der Waals surface area contributed by atoms with Gasteiger partial charge in [0.2, 0.25) is 0 Å². The Balaban J connectivity index is -0.000000107. The zero-order valence-electron chi connectivity index (χ0n) is 4.95. The largest absolute Gasteiger partial charge is 3.00 e. The normalized spacial score (nSPS) is 10.8. The van der Waals surface area contributed by atoms with Crippen LogP contribution < -0.4 is 14.4 Å². The molecule has 0 rings (SSSR count). The zero-order valence-corrected chi connectivity index (χ0v) is 8.00. The van der Waals surface area contributed by atoms with Crippen LogP contribution in [0.5, 0.6) is 0 Å². The molecule has 0 saturated carbocycles. The summed E-state index contributed by atoms with van der Waals surface area (Å²) < 4.78 is 8.88. The molecule has 0 aromatic rings. The zero-order chi connectivity index (χ0) is 9.00. The van der Waals surface area contributed by atoms with Gasteiger partial charge in [0.05, 0.1) is 0 Å². The third kappa shape index (κ3) is 1660. The van der Waals surface area contributed by atoms with Crippen LogP contribution in [0.2, 0.25) is 0 Å². The summed E-state index contributed by atoms with van der Waals surface area (Å²) in [4.78, 5) is 54.6. The van der Waals surface area contributed by atoms with Crippen LogP contribution in [0.3, 0.4) is 0 Å². The van der Waals surface area contributed by atoms with E-state index in [1.165, 1.54) is 0 Å². The van der Waals surface area contributed by atoms with Crippen LogP contribution in [0, 0.1) is 0 Å². The first-order valence-electron chi connectivity index (χ1n) is 1.62. The van der Waals surface area contributed by atoms with Crippen LogP contribution in [-0.2, 0) is 4.57 Å². The molecule has 0 bridgehead atoms. The average molecular weight is 218 g/mol. The van der Waals surface area contributed by atoms with E-state index in [1.807, 2.05) is 0 Å². The van der Waals surface area contributed by atoms with E-state index >= 15 is 0 Å². The molecule has 4 N–H and O–H groups in total. The van der Waals surface area contributed by atoms with Gasteiger partial charge in [-0.15, -0.1) is 9.05 Å². The Labute approximate surface area is 73.2 Å². The molecule has 11 heavy (non-hydrogen) atoms. The van der Waals surface area contributed by atoms with Crippen LogP contribution in [-0.4, -0.2) is 45.9 Å². The van der Waals surface area contributed by atoms with Gasteiger partial charge in [0.1, 0.15) is 0 Å². The number of rotatable bonds is 0. The van der Waals surface area contributed by atoms with Crippen molar-refractivity contribution in [3.63, 3.8) is 0 Å². The minimum atomic E-state index is -5.36. The molecule has 11 heteroatoms. The van der Waals surface area contributed by atoms with Crippen molar-refractivity contribution in [1.82, 2.24) is 0 Å². The molecule has 0 saturated heterocycles. The Kier molecular flexibility index (Phi) is 10.0. The molecule has 0 heterocycles. The predicted molar refractivity (Wildman–Crippen MR) is 28.0 cm³/mol. The van der Waals surface area contributed by atoms with E-state index in [0.717, 1.165) is 0 Å². The van der Waals surface area contributed by atoms with E-state index in [1.54, 1.807) is 0 Å². The fourth-order valence-electron chi connectivity index (χ4n) is 0. The molecule has 0 spiro atoms. The fraction of sp³-hybridized carbons (Fsp3) is 0. The quantitative estimate of drug-likeness (QED) is 0.230.